The molecular formula is C13H16ClN3S2. The second-order valence-electron chi connectivity index (χ2n) is 4.17. The van der Waals surface area contributed by atoms with E-state index in [0.717, 1.165) is 27.2 Å². The SMILES string of the molecule is CCCNC(C)c1ccc(Sc2ncns2)c(Cl)c1. The number of halogens is 1. The van der Waals surface area contributed by atoms with Crippen LogP contribution in [0.3, 0.4) is 0 Å². The first kappa shape index (κ1) is 14.8. The van der Waals surface area contributed by atoms with Gasteiger partial charge in [-0.1, -0.05) is 36.4 Å². The van der Waals surface area contributed by atoms with E-state index in [9.17, 15) is 0 Å². The Hall–Kier alpha value is -0.620. The van der Waals surface area contributed by atoms with Gasteiger partial charge in [0.05, 0.1) is 5.02 Å². The molecule has 0 aliphatic carbocycles. The summed E-state index contributed by atoms with van der Waals surface area (Å²) in [6.07, 6.45) is 2.69. The predicted molar refractivity (Wildman–Crippen MR) is 82.2 cm³/mol. The molecule has 0 spiro atoms. The van der Waals surface area contributed by atoms with Gasteiger partial charge in [-0.3, -0.25) is 0 Å². The van der Waals surface area contributed by atoms with Gasteiger partial charge in [0.2, 0.25) is 0 Å². The van der Waals surface area contributed by atoms with Crippen molar-refractivity contribution >= 4 is 34.9 Å². The van der Waals surface area contributed by atoms with Gasteiger partial charge in [-0.05, 0) is 49.1 Å². The molecule has 1 aromatic carbocycles. The highest BCUT2D eigenvalue weighted by atomic mass is 35.5. The molecule has 0 saturated heterocycles. The molecule has 0 amide bonds. The number of hydrogen-bond donors (Lipinski definition) is 1. The van der Waals surface area contributed by atoms with Crippen molar-refractivity contribution in [3.8, 4) is 0 Å². The van der Waals surface area contributed by atoms with Crippen LogP contribution in [0.1, 0.15) is 31.9 Å². The zero-order chi connectivity index (χ0) is 13.7. The molecule has 2 aromatic rings. The molecule has 2 rings (SSSR count). The molecule has 6 heteroatoms. The number of nitrogens with zero attached hydrogens (tertiary/aromatic N) is 2. The smallest absolute Gasteiger partial charge is 0.174 e. The van der Waals surface area contributed by atoms with E-state index < -0.39 is 0 Å². The molecule has 0 bridgehead atoms. The third-order valence-corrected chi connectivity index (χ3v) is 4.91. The minimum atomic E-state index is 0.318. The van der Waals surface area contributed by atoms with Crippen molar-refractivity contribution in [2.75, 3.05) is 6.54 Å². The van der Waals surface area contributed by atoms with E-state index in [-0.39, 0.29) is 0 Å². The molecule has 19 heavy (non-hydrogen) atoms. The van der Waals surface area contributed by atoms with Gasteiger partial charge in [0.15, 0.2) is 4.34 Å². The lowest BCUT2D eigenvalue weighted by atomic mass is 10.1. The molecule has 1 N–H and O–H groups in total. The van der Waals surface area contributed by atoms with Crippen molar-refractivity contribution < 1.29 is 0 Å². The maximum atomic E-state index is 6.33. The summed E-state index contributed by atoms with van der Waals surface area (Å²) in [5, 5.41) is 4.22. The van der Waals surface area contributed by atoms with Gasteiger partial charge in [-0.2, -0.15) is 4.37 Å². The Morgan fingerprint density at radius 2 is 2.32 bits per heavy atom. The first-order valence-electron chi connectivity index (χ1n) is 6.18. The summed E-state index contributed by atoms with van der Waals surface area (Å²) < 4.78 is 4.89. The molecule has 3 nitrogen and oxygen atoms in total. The van der Waals surface area contributed by atoms with Crippen LogP contribution in [0.5, 0.6) is 0 Å². The minimum Gasteiger partial charge on any atom is -0.310 e. The lowest BCUT2D eigenvalue weighted by molar-refractivity contribution is 0.570. The molecular weight excluding hydrogens is 298 g/mol. The van der Waals surface area contributed by atoms with Gasteiger partial charge in [0, 0.05) is 10.9 Å². The maximum absolute atomic E-state index is 6.33. The third kappa shape index (κ3) is 4.18. The lowest BCUT2D eigenvalue weighted by Gasteiger charge is -2.14. The zero-order valence-corrected chi connectivity index (χ0v) is 13.3. The molecule has 0 aliphatic heterocycles. The number of hydrogen-bond acceptors (Lipinski definition) is 5. The number of benzene rings is 1. The second-order valence-corrected chi connectivity index (χ2v) is 6.65. The standard InChI is InChI=1S/C13H16ClN3S2/c1-3-6-15-9(2)10-4-5-12(11(14)7-10)18-13-16-8-17-19-13/h4-5,7-9,15H,3,6H2,1-2H3. The Kier molecular flexibility index (Phi) is 5.63. The minimum absolute atomic E-state index is 0.318. The third-order valence-electron chi connectivity index (χ3n) is 2.69. The first-order valence-corrected chi connectivity index (χ1v) is 8.15. The Morgan fingerprint density at radius 3 is 2.95 bits per heavy atom. The Balaban J connectivity index is 2.08. The van der Waals surface area contributed by atoms with E-state index in [1.807, 2.05) is 12.1 Å². The van der Waals surface area contributed by atoms with E-state index >= 15 is 0 Å². The lowest BCUT2D eigenvalue weighted by Crippen LogP contribution is -2.19. The van der Waals surface area contributed by atoms with Crippen LogP contribution in [0.25, 0.3) is 0 Å². The molecule has 1 aromatic heterocycles. The van der Waals surface area contributed by atoms with Crippen molar-refractivity contribution in [3.63, 3.8) is 0 Å². The van der Waals surface area contributed by atoms with Gasteiger partial charge < -0.3 is 5.32 Å². The van der Waals surface area contributed by atoms with Crippen LogP contribution < -0.4 is 5.32 Å². The average Bonchev–Trinajstić information content (AvgIpc) is 2.91. The van der Waals surface area contributed by atoms with E-state index in [2.05, 4.69) is 34.6 Å². The largest absolute Gasteiger partial charge is 0.310 e. The summed E-state index contributed by atoms with van der Waals surface area (Å²) in [7, 11) is 0. The Morgan fingerprint density at radius 1 is 1.47 bits per heavy atom. The molecule has 1 atom stereocenters. The van der Waals surface area contributed by atoms with Gasteiger partial charge in [0.1, 0.15) is 6.33 Å². The van der Waals surface area contributed by atoms with Crippen LogP contribution in [-0.4, -0.2) is 15.9 Å². The fourth-order valence-electron chi connectivity index (χ4n) is 1.65. The summed E-state index contributed by atoms with van der Waals surface area (Å²) in [5.41, 5.74) is 1.21. The highest BCUT2D eigenvalue weighted by molar-refractivity contribution is 8.01. The van der Waals surface area contributed by atoms with Crippen molar-refractivity contribution in [2.24, 2.45) is 0 Å². The Labute approximate surface area is 127 Å². The summed E-state index contributed by atoms with van der Waals surface area (Å²) >= 11 is 9.26. The summed E-state index contributed by atoms with van der Waals surface area (Å²) in [5.74, 6) is 0. The van der Waals surface area contributed by atoms with E-state index in [1.165, 1.54) is 17.1 Å². The summed E-state index contributed by atoms with van der Waals surface area (Å²) in [6, 6.07) is 6.51. The van der Waals surface area contributed by atoms with Gasteiger partial charge in [0.25, 0.3) is 0 Å². The molecule has 1 heterocycles. The van der Waals surface area contributed by atoms with E-state index in [0.29, 0.717) is 6.04 Å². The Bertz CT molecular complexity index is 517. The number of nitrogens with one attached hydrogen (secondary N) is 1. The summed E-state index contributed by atoms with van der Waals surface area (Å²) in [4.78, 5) is 5.17. The van der Waals surface area contributed by atoms with Crippen LogP contribution in [0.4, 0.5) is 0 Å². The van der Waals surface area contributed by atoms with Crippen LogP contribution >= 0.6 is 34.9 Å². The predicted octanol–water partition coefficient (Wildman–Crippen LogP) is 4.40. The van der Waals surface area contributed by atoms with Gasteiger partial charge in [-0.25, -0.2) is 4.98 Å². The molecule has 0 saturated carbocycles. The zero-order valence-electron chi connectivity index (χ0n) is 10.9. The van der Waals surface area contributed by atoms with Crippen molar-refractivity contribution in [2.45, 2.75) is 35.5 Å². The van der Waals surface area contributed by atoms with Crippen molar-refractivity contribution in [1.29, 1.82) is 0 Å². The number of rotatable bonds is 6. The fraction of sp³-hybridized carbons (Fsp3) is 0.385. The van der Waals surface area contributed by atoms with Crippen LogP contribution in [0.15, 0.2) is 33.8 Å². The van der Waals surface area contributed by atoms with Gasteiger partial charge >= 0.3 is 0 Å². The topological polar surface area (TPSA) is 37.8 Å². The maximum Gasteiger partial charge on any atom is 0.174 e. The monoisotopic (exact) mass is 313 g/mol. The van der Waals surface area contributed by atoms with Crippen LogP contribution in [0, 0.1) is 0 Å². The van der Waals surface area contributed by atoms with Crippen molar-refractivity contribution in [3.05, 3.63) is 35.1 Å². The first-order chi connectivity index (χ1) is 9.20. The van der Waals surface area contributed by atoms with E-state index in [1.54, 1.807) is 18.1 Å². The molecule has 0 radical (unpaired) electrons. The average molecular weight is 314 g/mol. The molecule has 102 valence electrons. The highest BCUT2D eigenvalue weighted by Crippen LogP contribution is 2.34. The van der Waals surface area contributed by atoms with Gasteiger partial charge in [-0.15, -0.1) is 0 Å². The summed E-state index contributed by atoms with van der Waals surface area (Å²) in [6.45, 7) is 5.33. The van der Waals surface area contributed by atoms with E-state index in [4.69, 9.17) is 11.6 Å². The van der Waals surface area contributed by atoms with Crippen LogP contribution in [-0.2, 0) is 0 Å². The number of aromatic nitrogens is 2. The quantitative estimate of drug-likeness (QED) is 0.857. The van der Waals surface area contributed by atoms with Crippen LogP contribution in [0.2, 0.25) is 5.02 Å². The molecule has 1 unspecified atom stereocenters. The van der Waals surface area contributed by atoms with Crippen molar-refractivity contribution in [1.82, 2.24) is 14.7 Å². The highest BCUT2D eigenvalue weighted by Gasteiger charge is 2.09. The second kappa shape index (κ2) is 7.24. The normalized spacial score (nSPS) is 12.6. The fourth-order valence-corrected chi connectivity index (χ4v) is 3.36. The molecule has 0 aliphatic rings. The molecule has 0 fully saturated rings.